The second kappa shape index (κ2) is 10.2. The van der Waals surface area contributed by atoms with Crippen LogP contribution in [0.15, 0.2) is 59.8 Å². The maximum Gasteiger partial charge on any atom is 0.237 e. The van der Waals surface area contributed by atoms with E-state index < -0.39 is 5.91 Å². The number of thioether (sulfide) groups is 1. The number of hydrogen-bond donors (Lipinski definition) is 2. The molecule has 0 spiro atoms. The predicted molar refractivity (Wildman–Crippen MR) is 126 cm³/mol. The van der Waals surface area contributed by atoms with Gasteiger partial charge in [-0.3, -0.25) is 19.5 Å². The highest BCUT2D eigenvalue weighted by Gasteiger charge is 2.18. The molecule has 33 heavy (non-hydrogen) atoms. The number of nitrogens with two attached hydrogens (primary N) is 1. The number of aromatic nitrogens is 5. The standard InChI is InChI=1S/C21H19N7O3S2/c1-31-15-9-7-14(8-10-15)19-25-26-20(33-19)23-17(30)12-32-21-27-24-18(28(21)11-16(22)29)13-5-3-2-4-6-13/h2-10H,11-12H2,1H3,(H2,22,29)(H,23,26,30). The molecule has 2 aromatic heterocycles. The van der Waals surface area contributed by atoms with Crippen molar-refractivity contribution >= 4 is 40.0 Å². The van der Waals surface area contributed by atoms with Crippen LogP contribution in [0.5, 0.6) is 5.75 Å². The van der Waals surface area contributed by atoms with Gasteiger partial charge in [0.15, 0.2) is 11.0 Å². The summed E-state index contributed by atoms with van der Waals surface area (Å²) in [5, 5.41) is 20.7. The maximum absolute atomic E-state index is 12.5. The molecule has 4 rings (SSSR count). The van der Waals surface area contributed by atoms with Crippen LogP contribution in [-0.2, 0) is 16.1 Å². The summed E-state index contributed by atoms with van der Waals surface area (Å²) < 4.78 is 6.75. The lowest BCUT2D eigenvalue weighted by molar-refractivity contribution is -0.118. The maximum atomic E-state index is 12.5. The molecule has 4 aromatic rings. The lowest BCUT2D eigenvalue weighted by Gasteiger charge is -2.08. The van der Waals surface area contributed by atoms with E-state index in [1.807, 2.05) is 54.6 Å². The summed E-state index contributed by atoms with van der Waals surface area (Å²) in [5.74, 6) is 0.480. The summed E-state index contributed by atoms with van der Waals surface area (Å²) in [4.78, 5) is 24.0. The van der Waals surface area contributed by atoms with Crippen LogP contribution in [0.3, 0.4) is 0 Å². The Morgan fingerprint density at radius 3 is 2.48 bits per heavy atom. The van der Waals surface area contributed by atoms with E-state index in [1.54, 1.807) is 11.7 Å². The number of ether oxygens (including phenoxy) is 1. The largest absolute Gasteiger partial charge is 0.497 e. The van der Waals surface area contributed by atoms with Gasteiger partial charge in [0.1, 0.15) is 17.3 Å². The van der Waals surface area contributed by atoms with E-state index in [0.29, 0.717) is 21.1 Å². The highest BCUT2D eigenvalue weighted by molar-refractivity contribution is 7.99. The molecule has 10 nitrogen and oxygen atoms in total. The Hall–Kier alpha value is -3.77. The molecular weight excluding hydrogens is 462 g/mol. The molecule has 2 amide bonds. The van der Waals surface area contributed by atoms with E-state index in [4.69, 9.17) is 10.5 Å². The first-order valence-corrected chi connectivity index (χ1v) is 11.5. The van der Waals surface area contributed by atoms with Gasteiger partial charge in [0, 0.05) is 11.1 Å². The molecule has 0 bridgehead atoms. The van der Waals surface area contributed by atoms with Crippen molar-refractivity contribution in [2.75, 3.05) is 18.2 Å². The lowest BCUT2D eigenvalue weighted by Crippen LogP contribution is -2.20. The minimum atomic E-state index is -0.529. The van der Waals surface area contributed by atoms with E-state index in [1.165, 1.54) is 11.3 Å². The Balaban J connectivity index is 1.41. The molecule has 0 aliphatic carbocycles. The highest BCUT2D eigenvalue weighted by atomic mass is 32.2. The van der Waals surface area contributed by atoms with Gasteiger partial charge < -0.3 is 10.5 Å². The normalized spacial score (nSPS) is 10.7. The van der Waals surface area contributed by atoms with E-state index in [0.717, 1.165) is 28.6 Å². The first-order valence-electron chi connectivity index (χ1n) is 9.71. The molecule has 0 saturated carbocycles. The fourth-order valence-electron chi connectivity index (χ4n) is 2.90. The van der Waals surface area contributed by atoms with E-state index in [2.05, 4.69) is 25.7 Å². The Labute approximate surface area is 197 Å². The minimum Gasteiger partial charge on any atom is -0.497 e. The monoisotopic (exact) mass is 481 g/mol. The van der Waals surface area contributed by atoms with Crippen LogP contribution >= 0.6 is 23.1 Å². The van der Waals surface area contributed by atoms with Crippen molar-refractivity contribution in [2.45, 2.75) is 11.7 Å². The van der Waals surface area contributed by atoms with Gasteiger partial charge >= 0.3 is 0 Å². The van der Waals surface area contributed by atoms with Gasteiger partial charge in [-0.25, -0.2) is 0 Å². The topological polar surface area (TPSA) is 138 Å². The van der Waals surface area contributed by atoms with Crippen LogP contribution in [0.1, 0.15) is 0 Å². The van der Waals surface area contributed by atoms with Gasteiger partial charge in [0.05, 0.1) is 12.9 Å². The number of nitrogens with zero attached hydrogens (tertiary/aromatic N) is 5. The number of carbonyl (C=O) groups is 2. The van der Waals surface area contributed by atoms with Gasteiger partial charge in [-0.05, 0) is 24.3 Å². The van der Waals surface area contributed by atoms with Crippen molar-refractivity contribution in [3.05, 3.63) is 54.6 Å². The SMILES string of the molecule is COc1ccc(-c2nnc(NC(=O)CSc3nnc(-c4ccccc4)n3CC(N)=O)s2)cc1. The summed E-state index contributed by atoms with van der Waals surface area (Å²) in [7, 11) is 1.60. The molecule has 2 heterocycles. The highest BCUT2D eigenvalue weighted by Crippen LogP contribution is 2.28. The summed E-state index contributed by atoms with van der Waals surface area (Å²) in [5.41, 5.74) is 7.06. The van der Waals surface area contributed by atoms with Crippen molar-refractivity contribution in [2.24, 2.45) is 5.73 Å². The Morgan fingerprint density at radius 1 is 1.03 bits per heavy atom. The number of benzene rings is 2. The number of amides is 2. The van der Waals surface area contributed by atoms with Crippen LogP contribution in [0.25, 0.3) is 22.0 Å². The number of hydrogen-bond acceptors (Lipinski definition) is 9. The molecule has 0 radical (unpaired) electrons. The fraction of sp³-hybridized carbons (Fsp3) is 0.143. The van der Waals surface area contributed by atoms with Gasteiger partial charge in [-0.2, -0.15) is 0 Å². The zero-order chi connectivity index (χ0) is 23.2. The molecule has 0 aliphatic rings. The molecule has 3 N–H and O–H groups in total. The molecule has 168 valence electrons. The summed E-state index contributed by atoms with van der Waals surface area (Å²) in [6.07, 6.45) is 0. The van der Waals surface area contributed by atoms with Crippen molar-refractivity contribution in [3.8, 4) is 27.7 Å². The van der Waals surface area contributed by atoms with Crippen LogP contribution in [0.4, 0.5) is 5.13 Å². The van der Waals surface area contributed by atoms with Crippen LogP contribution in [0.2, 0.25) is 0 Å². The van der Waals surface area contributed by atoms with Crippen molar-refractivity contribution in [1.29, 1.82) is 0 Å². The number of carbonyl (C=O) groups excluding carboxylic acids is 2. The van der Waals surface area contributed by atoms with E-state index >= 15 is 0 Å². The molecule has 0 saturated heterocycles. The average molecular weight is 482 g/mol. The summed E-state index contributed by atoms with van der Waals surface area (Å²) in [6, 6.07) is 16.7. The van der Waals surface area contributed by atoms with Crippen molar-refractivity contribution in [3.63, 3.8) is 0 Å². The Morgan fingerprint density at radius 2 is 1.79 bits per heavy atom. The molecule has 0 aliphatic heterocycles. The molecule has 2 aromatic carbocycles. The van der Waals surface area contributed by atoms with E-state index in [-0.39, 0.29) is 18.2 Å². The smallest absolute Gasteiger partial charge is 0.237 e. The quantitative estimate of drug-likeness (QED) is 0.348. The second-order valence-corrected chi connectivity index (χ2v) is 8.62. The third-order valence-corrected chi connectivity index (χ3v) is 6.26. The Bertz CT molecular complexity index is 1260. The van der Waals surface area contributed by atoms with Crippen LogP contribution in [-0.4, -0.2) is 49.6 Å². The van der Waals surface area contributed by atoms with Gasteiger partial charge in [-0.15, -0.1) is 20.4 Å². The van der Waals surface area contributed by atoms with Crippen molar-refractivity contribution in [1.82, 2.24) is 25.0 Å². The van der Waals surface area contributed by atoms with Gasteiger partial charge in [-0.1, -0.05) is 53.4 Å². The van der Waals surface area contributed by atoms with E-state index in [9.17, 15) is 9.59 Å². The second-order valence-electron chi connectivity index (χ2n) is 6.70. The molecule has 0 atom stereocenters. The van der Waals surface area contributed by atoms with Crippen LogP contribution in [0, 0.1) is 0 Å². The van der Waals surface area contributed by atoms with Crippen LogP contribution < -0.4 is 15.8 Å². The average Bonchev–Trinajstić information content (AvgIpc) is 3.45. The zero-order valence-corrected chi connectivity index (χ0v) is 19.1. The third kappa shape index (κ3) is 5.54. The Kier molecular flexibility index (Phi) is 6.95. The number of anilines is 1. The number of nitrogens with one attached hydrogen (secondary N) is 1. The van der Waals surface area contributed by atoms with Crippen molar-refractivity contribution < 1.29 is 14.3 Å². The molecular formula is C21H19N7O3S2. The first kappa shape index (κ1) is 22.4. The molecule has 0 fully saturated rings. The minimum absolute atomic E-state index is 0.0448. The van der Waals surface area contributed by atoms with Gasteiger partial charge in [0.25, 0.3) is 0 Å². The zero-order valence-electron chi connectivity index (χ0n) is 17.5. The van der Waals surface area contributed by atoms with Gasteiger partial charge in [0.2, 0.25) is 16.9 Å². The first-order chi connectivity index (χ1) is 16.0. The number of primary amides is 1. The third-order valence-electron chi connectivity index (χ3n) is 4.40. The molecule has 12 heteroatoms. The predicted octanol–water partition coefficient (Wildman–Crippen LogP) is 2.69. The summed E-state index contributed by atoms with van der Waals surface area (Å²) in [6.45, 7) is -0.0944. The number of methoxy groups -OCH3 is 1. The fourth-order valence-corrected chi connectivity index (χ4v) is 4.41. The lowest BCUT2D eigenvalue weighted by atomic mass is 10.2. The number of rotatable bonds is 9. The molecule has 0 unspecified atom stereocenters. The summed E-state index contributed by atoms with van der Waals surface area (Å²) >= 11 is 2.42.